The van der Waals surface area contributed by atoms with E-state index in [0.717, 1.165) is 12.3 Å². The van der Waals surface area contributed by atoms with Gasteiger partial charge < -0.3 is 18.9 Å². The summed E-state index contributed by atoms with van der Waals surface area (Å²) < 4.78 is 14.0. The Morgan fingerprint density at radius 2 is 2.04 bits per heavy atom. The van der Waals surface area contributed by atoms with E-state index < -0.39 is 8.07 Å². The second-order valence-corrected chi connectivity index (χ2v) is 14.9. The molecule has 0 amide bonds. The fourth-order valence-electron chi connectivity index (χ4n) is 4.26. The van der Waals surface area contributed by atoms with Gasteiger partial charge in [0.25, 0.3) is 0 Å². The second kappa shape index (κ2) is 7.93. The van der Waals surface area contributed by atoms with Crippen LogP contribution in [0.4, 0.5) is 5.69 Å². The molecule has 6 heteroatoms. The molecule has 1 aliphatic carbocycles. The molecule has 1 fully saturated rings. The number of ether oxygens (including phenoxy) is 2. The third-order valence-electron chi connectivity index (χ3n) is 5.85. The number of nitrogens with zero attached hydrogens (tertiary/aromatic N) is 3. The Labute approximate surface area is 163 Å². The van der Waals surface area contributed by atoms with Gasteiger partial charge in [0.15, 0.2) is 0 Å². The minimum atomic E-state index is -1.05. The molecule has 2 aliphatic rings. The summed E-state index contributed by atoms with van der Waals surface area (Å²) in [5.74, 6) is 0. The average molecular weight is 388 g/mol. The van der Waals surface area contributed by atoms with Crippen molar-refractivity contribution in [2.75, 3.05) is 18.2 Å². The molecule has 0 bridgehead atoms. The van der Waals surface area contributed by atoms with Crippen molar-refractivity contribution in [3.05, 3.63) is 24.0 Å². The van der Waals surface area contributed by atoms with Gasteiger partial charge in [-0.1, -0.05) is 38.9 Å². The maximum absolute atomic E-state index is 5.97. The van der Waals surface area contributed by atoms with Crippen LogP contribution in [-0.2, 0) is 22.8 Å². The largest absolute Gasteiger partial charge is 0.361 e. The monoisotopic (exact) mass is 387 g/mol. The van der Waals surface area contributed by atoms with Gasteiger partial charge in [-0.25, -0.2) is 4.98 Å². The standard InChI is InChI=1S/C21H33N3O2Si/c1-27(2,3)12-11-25-15-23-10-9-19-20-17(13-22-21(19)23)14-26-16-24(20)18-7-5-4-6-8-18/h9-10,13,18H,4-8,11-12,14-16H2,1-3H3. The molecule has 0 aromatic carbocycles. The zero-order valence-corrected chi connectivity index (χ0v) is 18.0. The van der Waals surface area contributed by atoms with Gasteiger partial charge >= 0.3 is 0 Å². The second-order valence-electron chi connectivity index (χ2n) is 9.24. The van der Waals surface area contributed by atoms with E-state index in [1.54, 1.807) is 0 Å². The van der Waals surface area contributed by atoms with Gasteiger partial charge in [-0.15, -0.1) is 0 Å². The molecule has 5 nitrogen and oxygen atoms in total. The maximum Gasteiger partial charge on any atom is 0.143 e. The number of rotatable bonds is 6. The van der Waals surface area contributed by atoms with Crippen molar-refractivity contribution in [3.8, 4) is 0 Å². The van der Waals surface area contributed by atoms with Crippen LogP contribution in [0.2, 0.25) is 25.7 Å². The number of hydrogen-bond acceptors (Lipinski definition) is 4. The lowest BCUT2D eigenvalue weighted by Crippen LogP contribution is -2.41. The van der Waals surface area contributed by atoms with Crippen LogP contribution in [0.15, 0.2) is 18.5 Å². The van der Waals surface area contributed by atoms with E-state index in [2.05, 4.69) is 41.4 Å². The number of pyridine rings is 1. The van der Waals surface area contributed by atoms with Crippen LogP contribution in [0.25, 0.3) is 11.0 Å². The van der Waals surface area contributed by atoms with Gasteiger partial charge in [0.1, 0.15) is 19.1 Å². The minimum Gasteiger partial charge on any atom is -0.361 e. The number of hydrogen-bond donors (Lipinski definition) is 0. The molecule has 148 valence electrons. The highest BCUT2D eigenvalue weighted by molar-refractivity contribution is 6.76. The average Bonchev–Trinajstić information content (AvgIpc) is 3.08. The van der Waals surface area contributed by atoms with Crippen LogP contribution in [0.3, 0.4) is 0 Å². The molecule has 1 aliphatic heterocycles. The number of aromatic nitrogens is 2. The Morgan fingerprint density at radius 1 is 1.22 bits per heavy atom. The van der Waals surface area contributed by atoms with Crippen LogP contribution in [0.5, 0.6) is 0 Å². The normalized spacial score (nSPS) is 18.9. The zero-order valence-electron chi connectivity index (χ0n) is 17.0. The van der Waals surface area contributed by atoms with Crippen LogP contribution < -0.4 is 4.90 Å². The molecular weight excluding hydrogens is 354 g/mol. The SMILES string of the molecule is C[Si](C)(C)CCOCn1ccc2c3c(cnc21)COCN3C1CCCCC1. The molecule has 1 saturated carbocycles. The minimum absolute atomic E-state index is 0.583. The van der Waals surface area contributed by atoms with Crippen molar-refractivity contribution < 1.29 is 9.47 Å². The van der Waals surface area contributed by atoms with Crippen molar-refractivity contribution in [2.45, 2.75) is 77.2 Å². The highest BCUT2D eigenvalue weighted by Crippen LogP contribution is 2.37. The summed E-state index contributed by atoms with van der Waals surface area (Å²) >= 11 is 0. The van der Waals surface area contributed by atoms with E-state index in [9.17, 15) is 0 Å². The number of anilines is 1. The van der Waals surface area contributed by atoms with E-state index >= 15 is 0 Å². The van der Waals surface area contributed by atoms with E-state index in [0.29, 0.717) is 26.1 Å². The van der Waals surface area contributed by atoms with E-state index in [1.165, 1.54) is 54.8 Å². The molecule has 27 heavy (non-hydrogen) atoms. The van der Waals surface area contributed by atoms with Crippen LogP contribution in [0.1, 0.15) is 37.7 Å². The van der Waals surface area contributed by atoms with Gasteiger partial charge in [0.05, 0.1) is 12.3 Å². The summed E-state index contributed by atoms with van der Waals surface area (Å²) in [6.07, 6.45) is 10.7. The van der Waals surface area contributed by atoms with Crippen LogP contribution >= 0.6 is 0 Å². The predicted molar refractivity (Wildman–Crippen MR) is 113 cm³/mol. The Kier molecular flexibility index (Phi) is 5.57. The van der Waals surface area contributed by atoms with Gasteiger partial charge in [-0.05, 0) is 25.0 Å². The third-order valence-corrected chi connectivity index (χ3v) is 7.56. The Balaban J connectivity index is 1.56. The lowest BCUT2D eigenvalue weighted by atomic mass is 9.93. The summed E-state index contributed by atoms with van der Waals surface area (Å²) in [5.41, 5.74) is 3.60. The van der Waals surface area contributed by atoms with Gasteiger partial charge in [-0.2, -0.15) is 0 Å². The summed E-state index contributed by atoms with van der Waals surface area (Å²) in [4.78, 5) is 7.24. The molecule has 3 heterocycles. The van der Waals surface area contributed by atoms with Crippen molar-refractivity contribution in [3.63, 3.8) is 0 Å². The molecule has 0 N–H and O–H groups in total. The van der Waals surface area contributed by atoms with Crippen molar-refractivity contribution in [1.82, 2.24) is 9.55 Å². The van der Waals surface area contributed by atoms with Crippen molar-refractivity contribution >= 4 is 24.8 Å². The number of fused-ring (bicyclic) bond motifs is 3. The molecule has 4 rings (SSSR count). The fraction of sp³-hybridized carbons (Fsp3) is 0.667. The maximum atomic E-state index is 5.97. The van der Waals surface area contributed by atoms with E-state index in [4.69, 9.17) is 14.5 Å². The summed E-state index contributed by atoms with van der Waals surface area (Å²) in [5, 5.41) is 1.25. The quantitative estimate of drug-likeness (QED) is 0.518. The Bertz CT molecular complexity index is 778. The lowest BCUT2D eigenvalue weighted by molar-refractivity contribution is 0.0897. The zero-order chi connectivity index (χ0) is 18.9. The van der Waals surface area contributed by atoms with Crippen molar-refractivity contribution in [2.24, 2.45) is 0 Å². The fourth-order valence-corrected chi connectivity index (χ4v) is 5.01. The molecular formula is C21H33N3O2Si. The third kappa shape index (κ3) is 4.23. The Hall–Kier alpha value is -1.37. The molecule has 0 unspecified atom stereocenters. The molecule has 0 radical (unpaired) electrons. The first-order chi connectivity index (χ1) is 13.0. The van der Waals surface area contributed by atoms with Gasteiger partial charge in [0, 0.05) is 44.1 Å². The van der Waals surface area contributed by atoms with Crippen molar-refractivity contribution in [1.29, 1.82) is 0 Å². The van der Waals surface area contributed by atoms with E-state index in [-0.39, 0.29) is 0 Å². The topological polar surface area (TPSA) is 39.5 Å². The van der Waals surface area contributed by atoms with Gasteiger partial charge in [-0.3, -0.25) is 0 Å². The first-order valence-electron chi connectivity index (χ1n) is 10.4. The molecule has 0 atom stereocenters. The lowest BCUT2D eigenvalue weighted by Gasteiger charge is -2.39. The van der Waals surface area contributed by atoms with Crippen LogP contribution in [-0.4, -0.2) is 37.0 Å². The highest BCUT2D eigenvalue weighted by Gasteiger charge is 2.28. The summed E-state index contributed by atoms with van der Waals surface area (Å²) in [6, 6.07) is 4.01. The molecule has 2 aromatic heterocycles. The highest BCUT2D eigenvalue weighted by atomic mass is 28.3. The van der Waals surface area contributed by atoms with Gasteiger partial charge in [0.2, 0.25) is 0 Å². The molecule has 0 saturated heterocycles. The Morgan fingerprint density at radius 3 is 2.81 bits per heavy atom. The predicted octanol–water partition coefficient (Wildman–Crippen LogP) is 4.98. The molecule has 2 aromatic rings. The summed E-state index contributed by atoms with van der Waals surface area (Å²) in [7, 11) is -1.05. The molecule has 0 spiro atoms. The van der Waals surface area contributed by atoms with E-state index in [1.807, 2.05) is 6.20 Å². The van der Waals surface area contributed by atoms with Crippen LogP contribution in [0, 0.1) is 0 Å². The first kappa shape index (κ1) is 19.0. The summed E-state index contributed by atoms with van der Waals surface area (Å²) in [6.45, 7) is 9.95. The smallest absolute Gasteiger partial charge is 0.143 e. The first-order valence-corrected chi connectivity index (χ1v) is 14.1.